The van der Waals surface area contributed by atoms with E-state index >= 15 is 0 Å². The maximum Gasteiger partial charge on any atom is 0.350 e. The average Bonchev–Trinajstić information content (AvgIpc) is 3.38. The Balaban J connectivity index is 2.20. The van der Waals surface area contributed by atoms with E-state index in [1.165, 1.54) is 5.01 Å². The van der Waals surface area contributed by atoms with Crippen molar-refractivity contribution in [2.24, 2.45) is 10.3 Å². The van der Waals surface area contributed by atoms with Crippen molar-refractivity contribution in [3.63, 3.8) is 0 Å². The summed E-state index contributed by atoms with van der Waals surface area (Å²) in [6.07, 6.45) is 0. The molecule has 2 aliphatic rings. The number of rotatable bonds is 8. The lowest BCUT2D eigenvalue weighted by atomic mass is 9.86. The van der Waals surface area contributed by atoms with Gasteiger partial charge in [-0.25, -0.2) is 19.2 Å². The molecule has 31 heavy (non-hydrogen) atoms. The summed E-state index contributed by atoms with van der Waals surface area (Å²) in [5.74, 6) is -3.20. The van der Waals surface area contributed by atoms with Crippen LogP contribution >= 0.6 is 11.3 Å². The van der Waals surface area contributed by atoms with Gasteiger partial charge >= 0.3 is 29.4 Å². The second-order valence-corrected chi connectivity index (χ2v) is 7.51. The van der Waals surface area contributed by atoms with Crippen LogP contribution in [-0.4, -0.2) is 60.9 Å². The molecule has 12 heteroatoms. The van der Waals surface area contributed by atoms with Gasteiger partial charge in [0.05, 0.1) is 33.0 Å². The smallest absolute Gasteiger partial charge is 0.350 e. The van der Waals surface area contributed by atoms with Gasteiger partial charge in [0.2, 0.25) is 0 Å². The Hall–Kier alpha value is -3.02. The van der Waals surface area contributed by atoms with Crippen LogP contribution in [0.4, 0.5) is 0 Å². The maximum atomic E-state index is 13.0. The van der Waals surface area contributed by atoms with E-state index in [1.54, 1.807) is 27.7 Å². The minimum atomic E-state index is -2.16. The van der Waals surface area contributed by atoms with Crippen LogP contribution < -0.4 is 0 Å². The van der Waals surface area contributed by atoms with E-state index in [0.717, 1.165) is 11.3 Å². The number of nitrogens with zero attached hydrogens (tertiary/aromatic N) is 3. The molecule has 0 aromatic carbocycles. The molecule has 0 aliphatic carbocycles. The number of thiophene rings is 1. The molecule has 0 saturated heterocycles. The molecular weight excluding hydrogens is 430 g/mol. The highest BCUT2D eigenvalue weighted by Gasteiger charge is 2.66. The second-order valence-electron chi connectivity index (χ2n) is 6.49. The Morgan fingerprint density at radius 2 is 1.42 bits per heavy atom. The van der Waals surface area contributed by atoms with Gasteiger partial charge in [0, 0.05) is 11.1 Å². The Kier molecular flexibility index (Phi) is 6.58. The summed E-state index contributed by atoms with van der Waals surface area (Å²) in [7, 11) is 0. The highest BCUT2D eigenvalue weighted by atomic mass is 32.1. The van der Waals surface area contributed by atoms with Crippen molar-refractivity contribution in [1.82, 2.24) is 5.01 Å². The third kappa shape index (κ3) is 3.54. The normalized spacial score (nSPS) is 17.7. The summed E-state index contributed by atoms with van der Waals surface area (Å²) in [4.78, 5) is 51.5. The van der Waals surface area contributed by atoms with E-state index in [-0.39, 0.29) is 48.3 Å². The first-order valence-electron chi connectivity index (χ1n) is 9.90. The lowest BCUT2D eigenvalue weighted by molar-refractivity contribution is -0.166. The van der Waals surface area contributed by atoms with Gasteiger partial charge in [-0.2, -0.15) is 0 Å². The Labute approximate surface area is 182 Å². The van der Waals surface area contributed by atoms with Crippen LogP contribution in [0.5, 0.6) is 0 Å². The number of hydrogen-bond acceptors (Lipinski definition) is 12. The quantitative estimate of drug-likeness (QED) is 0.330. The fraction of sp³-hybridized carbons (Fsp3) is 0.579. The zero-order valence-corrected chi connectivity index (χ0v) is 18.4. The number of hydrogen-bond donors (Lipinski definition) is 0. The molecule has 11 nitrogen and oxygen atoms in total. The highest BCUT2D eigenvalue weighted by Crippen LogP contribution is 2.53. The van der Waals surface area contributed by atoms with Gasteiger partial charge in [-0.1, -0.05) is 5.22 Å². The number of ether oxygens (including phenoxy) is 4. The summed E-state index contributed by atoms with van der Waals surface area (Å²) in [5.41, 5.74) is -1.45. The first-order valence-corrected chi connectivity index (χ1v) is 10.7. The van der Waals surface area contributed by atoms with Crippen LogP contribution in [0.25, 0.3) is 0 Å². The summed E-state index contributed by atoms with van der Waals surface area (Å²) >= 11 is 0.895. The van der Waals surface area contributed by atoms with Crippen LogP contribution in [0.3, 0.4) is 0 Å². The van der Waals surface area contributed by atoms with Crippen molar-refractivity contribution < 1.29 is 38.1 Å². The van der Waals surface area contributed by atoms with Gasteiger partial charge in [0.1, 0.15) is 15.8 Å². The minimum Gasteiger partial charge on any atom is -0.464 e. The van der Waals surface area contributed by atoms with E-state index in [1.807, 2.05) is 0 Å². The first-order chi connectivity index (χ1) is 14.9. The van der Waals surface area contributed by atoms with E-state index in [4.69, 9.17) is 18.9 Å². The lowest BCUT2D eigenvalue weighted by Gasteiger charge is -2.27. The van der Waals surface area contributed by atoms with Gasteiger partial charge < -0.3 is 18.9 Å². The van der Waals surface area contributed by atoms with Gasteiger partial charge in [0.25, 0.3) is 0 Å². The van der Waals surface area contributed by atoms with Crippen LogP contribution in [0.2, 0.25) is 0 Å². The summed E-state index contributed by atoms with van der Waals surface area (Å²) < 4.78 is 20.5. The van der Waals surface area contributed by atoms with Gasteiger partial charge in [0.15, 0.2) is 0 Å². The topological polar surface area (TPSA) is 133 Å². The maximum absolute atomic E-state index is 13.0. The summed E-state index contributed by atoms with van der Waals surface area (Å²) in [5, 5.41) is 9.33. The molecule has 2 aliphatic heterocycles. The zero-order chi connectivity index (χ0) is 22.8. The molecule has 0 fully saturated rings. The first kappa shape index (κ1) is 22.7. The predicted molar refractivity (Wildman–Crippen MR) is 105 cm³/mol. The minimum absolute atomic E-state index is 0.00245. The van der Waals surface area contributed by atoms with Crippen LogP contribution in [0.15, 0.2) is 10.3 Å². The van der Waals surface area contributed by atoms with Crippen molar-refractivity contribution in [2.45, 2.75) is 45.8 Å². The zero-order valence-electron chi connectivity index (χ0n) is 17.6. The summed E-state index contributed by atoms with van der Waals surface area (Å²) in [6.45, 7) is 6.78. The Morgan fingerprint density at radius 3 is 1.94 bits per heavy atom. The van der Waals surface area contributed by atoms with Crippen molar-refractivity contribution in [3.05, 3.63) is 20.9 Å². The van der Waals surface area contributed by atoms with E-state index in [9.17, 15) is 19.2 Å². The Morgan fingerprint density at radius 1 is 0.903 bits per heavy atom. The predicted octanol–water partition coefficient (Wildman–Crippen LogP) is 2.20. The van der Waals surface area contributed by atoms with Crippen molar-refractivity contribution in [2.75, 3.05) is 26.4 Å². The van der Waals surface area contributed by atoms with E-state index < -0.39 is 35.5 Å². The van der Waals surface area contributed by atoms with Crippen molar-refractivity contribution in [1.29, 1.82) is 0 Å². The van der Waals surface area contributed by atoms with Crippen molar-refractivity contribution in [3.8, 4) is 0 Å². The van der Waals surface area contributed by atoms with E-state index in [0.29, 0.717) is 5.56 Å². The molecule has 0 saturated carbocycles. The molecule has 0 spiro atoms. The summed E-state index contributed by atoms with van der Waals surface area (Å²) in [6, 6.07) is -1.11. The number of carbonyl (C=O) groups is 4. The largest absolute Gasteiger partial charge is 0.464 e. The third-order valence-electron chi connectivity index (χ3n) is 4.75. The molecule has 1 unspecified atom stereocenters. The molecule has 0 radical (unpaired) electrons. The van der Waals surface area contributed by atoms with Crippen LogP contribution in [-0.2, 0) is 35.1 Å². The van der Waals surface area contributed by atoms with Gasteiger partial charge in [-0.05, 0) is 27.7 Å². The monoisotopic (exact) mass is 453 g/mol. The number of fused-ring (bicyclic) bond motifs is 3. The van der Waals surface area contributed by atoms with Crippen LogP contribution in [0, 0.1) is 0 Å². The molecule has 0 N–H and O–H groups in total. The fourth-order valence-electron chi connectivity index (χ4n) is 3.60. The van der Waals surface area contributed by atoms with Crippen molar-refractivity contribution >= 4 is 35.2 Å². The SMILES string of the molecule is CCOC(=O)c1sc(C(=O)OCC)c2c1CN1N=NC(C(=O)OCC)(C(=O)OCC)C21. The molecule has 0 amide bonds. The van der Waals surface area contributed by atoms with Gasteiger partial charge in [-0.3, -0.25) is 5.01 Å². The third-order valence-corrected chi connectivity index (χ3v) is 5.96. The molecule has 1 atom stereocenters. The molecule has 1 aromatic rings. The van der Waals surface area contributed by atoms with E-state index in [2.05, 4.69) is 10.3 Å². The fourth-order valence-corrected chi connectivity index (χ4v) is 4.73. The number of esters is 4. The molecule has 3 rings (SSSR count). The molecule has 0 bridgehead atoms. The highest BCUT2D eigenvalue weighted by molar-refractivity contribution is 7.16. The molecule has 1 aromatic heterocycles. The number of carbonyl (C=O) groups excluding carboxylic acids is 4. The molecule has 3 heterocycles. The average molecular weight is 453 g/mol. The van der Waals surface area contributed by atoms with Gasteiger partial charge in [-0.15, -0.1) is 16.5 Å². The molecular formula is C19H23N3O8S. The lowest BCUT2D eigenvalue weighted by Crippen LogP contribution is -2.52. The Bertz CT molecular complexity index is 923. The second kappa shape index (κ2) is 9.00. The van der Waals surface area contributed by atoms with Crippen LogP contribution in [0.1, 0.15) is 64.2 Å². The molecule has 168 valence electrons. The standard InChI is InChI=1S/C19H23N3O8S/c1-5-27-15(23)12-10-9-22-14(11(10)13(31-12)16(24)28-6-2)19(20-21-22,17(25)29-7-3)18(26)30-8-4/h14H,5-9H2,1-4H3.